The number of nitro groups is 1. The van der Waals surface area contributed by atoms with Gasteiger partial charge >= 0.3 is 0 Å². The van der Waals surface area contributed by atoms with Crippen LogP contribution in [0.25, 0.3) is 0 Å². The standard InChI is InChI=1S/C14H20N4O3/c15-10-4-2-1-3-5-11(10)17-12-7-6-9(14(16)19)8-13(12)18(20)21/h6-8,10-11,17H,1-5,15H2,(H2,16,19). The molecule has 0 aromatic heterocycles. The van der Waals surface area contributed by atoms with Crippen LogP contribution in [0.5, 0.6) is 0 Å². The second-order valence-electron chi connectivity index (χ2n) is 5.41. The van der Waals surface area contributed by atoms with Crippen LogP contribution in [-0.2, 0) is 0 Å². The zero-order chi connectivity index (χ0) is 15.4. The molecule has 0 heterocycles. The third kappa shape index (κ3) is 3.69. The molecule has 2 unspecified atom stereocenters. The van der Waals surface area contributed by atoms with Crippen molar-refractivity contribution >= 4 is 17.3 Å². The van der Waals surface area contributed by atoms with E-state index < -0.39 is 10.8 Å². The molecule has 2 atom stereocenters. The summed E-state index contributed by atoms with van der Waals surface area (Å²) in [6, 6.07) is 4.19. The molecule has 1 saturated carbocycles. The summed E-state index contributed by atoms with van der Waals surface area (Å²) < 4.78 is 0. The summed E-state index contributed by atoms with van der Waals surface area (Å²) in [5.41, 5.74) is 11.6. The first kappa shape index (κ1) is 15.2. The molecule has 1 fully saturated rings. The normalized spacial score (nSPS) is 22.3. The summed E-state index contributed by atoms with van der Waals surface area (Å²) in [6.45, 7) is 0. The molecule has 1 aliphatic carbocycles. The van der Waals surface area contributed by atoms with Crippen molar-refractivity contribution in [3.8, 4) is 0 Å². The van der Waals surface area contributed by atoms with Crippen LogP contribution in [0.1, 0.15) is 42.5 Å². The Bertz CT molecular complexity index is 547. The molecule has 114 valence electrons. The molecule has 21 heavy (non-hydrogen) atoms. The Hall–Kier alpha value is -2.15. The maximum absolute atomic E-state index is 11.2. The number of nitrogens with zero attached hydrogens (tertiary/aromatic N) is 1. The number of anilines is 1. The number of amides is 1. The van der Waals surface area contributed by atoms with Crippen LogP contribution in [0, 0.1) is 10.1 Å². The van der Waals surface area contributed by atoms with Crippen molar-refractivity contribution in [2.75, 3.05) is 5.32 Å². The number of hydrogen-bond donors (Lipinski definition) is 3. The molecule has 0 bridgehead atoms. The average Bonchev–Trinajstić information content (AvgIpc) is 2.64. The Kier molecular flexibility index (Phi) is 4.74. The lowest BCUT2D eigenvalue weighted by molar-refractivity contribution is -0.384. The number of benzene rings is 1. The fourth-order valence-corrected chi connectivity index (χ4v) is 2.67. The molecule has 7 nitrogen and oxygen atoms in total. The summed E-state index contributed by atoms with van der Waals surface area (Å²) in [7, 11) is 0. The predicted molar refractivity (Wildman–Crippen MR) is 80.1 cm³/mol. The van der Waals surface area contributed by atoms with E-state index in [0.29, 0.717) is 5.69 Å². The number of nitro benzene ring substituents is 1. The number of rotatable bonds is 4. The molecule has 0 spiro atoms. The van der Waals surface area contributed by atoms with Crippen LogP contribution in [0.4, 0.5) is 11.4 Å². The van der Waals surface area contributed by atoms with Crippen LogP contribution in [0.2, 0.25) is 0 Å². The van der Waals surface area contributed by atoms with Crippen molar-refractivity contribution in [2.45, 2.75) is 44.2 Å². The lowest BCUT2D eigenvalue weighted by Gasteiger charge is -2.23. The second kappa shape index (κ2) is 6.53. The van der Waals surface area contributed by atoms with Gasteiger partial charge < -0.3 is 16.8 Å². The molecule has 1 aliphatic rings. The first-order chi connectivity index (χ1) is 9.99. The molecule has 1 aromatic carbocycles. The Morgan fingerprint density at radius 3 is 2.67 bits per heavy atom. The molecule has 2 rings (SSSR count). The van der Waals surface area contributed by atoms with E-state index in [1.54, 1.807) is 0 Å². The summed E-state index contributed by atoms with van der Waals surface area (Å²) >= 11 is 0. The maximum Gasteiger partial charge on any atom is 0.293 e. The monoisotopic (exact) mass is 292 g/mol. The zero-order valence-electron chi connectivity index (χ0n) is 11.7. The van der Waals surface area contributed by atoms with Gasteiger partial charge in [0.2, 0.25) is 5.91 Å². The molecule has 0 saturated heterocycles. The van der Waals surface area contributed by atoms with E-state index in [1.807, 2.05) is 0 Å². The fraction of sp³-hybridized carbons (Fsp3) is 0.500. The van der Waals surface area contributed by atoms with Gasteiger partial charge in [-0.1, -0.05) is 19.3 Å². The number of nitrogens with two attached hydrogens (primary N) is 2. The van der Waals surface area contributed by atoms with Crippen LogP contribution >= 0.6 is 0 Å². The van der Waals surface area contributed by atoms with Crippen molar-refractivity contribution in [1.82, 2.24) is 0 Å². The number of carbonyl (C=O) groups excluding carboxylic acids is 1. The largest absolute Gasteiger partial charge is 0.375 e. The summed E-state index contributed by atoms with van der Waals surface area (Å²) in [6.07, 6.45) is 5.07. The Balaban J connectivity index is 2.26. The first-order valence-electron chi connectivity index (χ1n) is 7.09. The Morgan fingerprint density at radius 1 is 1.29 bits per heavy atom. The summed E-state index contributed by atoms with van der Waals surface area (Å²) in [5, 5.41) is 14.3. The van der Waals surface area contributed by atoms with Gasteiger partial charge in [0, 0.05) is 23.7 Å². The Morgan fingerprint density at radius 2 is 2.00 bits per heavy atom. The second-order valence-corrected chi connectivity index (χ2v) is 5.41. The van der Waals surface area contributed by atoms with E-state index in [4.69, 9.17) is 11.5 Å². The SMILES string of the molecule is NC(=O)c1ccc(NC2CCCCCC2N)c([N+](=O)[O-])c1. The molecule has 7 heteroatoms. The maximum atomic E-state index is 11.2. The molecule has 1 amide bonds. The average molecular weight is 292 g/mol. The summed E-state index contributed by atoms with van der Waals surface area (Å²) in [4.78, 5) is 21.8. The highest BCUT2D eigenvalue weighted by molar-refractivity contribution is 5.94. The van der Waals surface area contributed by atoms with Gasteiger partial charge in [-0.25, -0.2) is 0 Å². The molecule has 5 N–H and O–H groups in total. The molecular weight excluding hydrogens is 272 g/mol. The minimum Gasteiger partial charge on any atom is -0.375 e. The zero-order valence-corrected chi connectivity index (χ0v) is 11.7. The van der Waals surface area contributed by atoms with Crippen LogP contribution in [0.3, 0.4) is 0 Å². The summed E-state index contributed by atoms with van der Waals surface area (Å²) in [5.74, 6) is -0.684. The van der Waals surface area contributed by atoms with Crippen molar-refractivity contribution in [1.29, 1.82) is 0 Å². The van der Waals surface area contributed by atoms with Gasteiger partial charge in [-0.15, -0.1) is 0 Å². The van der Waals surface area contributed by atoms with Gasteiger partial charge in [0.15, 0.2) is 0 Å². The third-order valence-corrected chi connectivity index (χ3v) is 3.89. The van der Waals surface area contributed by atoms with E-state index in [2.05, 4.69) is 5.32 Å². The van der Waals surface area contributed by atoms with Crippen molar-refractivity contribution in [3.05, 3.63) is 33.9 Å². The van der Waals surface area contributed by atoms with Crippen LogP contribution < -0.4 is 16.8 Å². The van der Waals surface area contributed by atoms with Gasteiger partial charge in [0.05, 0.1) is 4.92 Å². The topological polar surface area (TPSA) is 124 Å². The van der Waals surface area contributed by atoms with E-state index in [1.165, 1.54) is 18.2 Å². The quantitative estimate of drug-likeness (QED) is 0.443. The van der Waals surface area contributed by atoms with Crippen molar-refractivity contribution < 1.29 is 9.72 Å². The van der Waals surface area contributed by atoms with Gasteiger partial charge in [0.1, 0.15) is 5.69 Å². The lowest BCUT2D eigenvalue weighted by atomic mass is 10.0. The first-order valence-corrected chi connectivity index (χ1v) is 7.09. The van der Waals surface area contributed by atoms with Gasteiger partial charge in [-0.2, -0.15) is 0 Å². The third-order valence-electron chi connectivity index (χ3n) is 3.89. The van der Waals surface area contributed by atoms with E-state index in [0.717, 1.165) is 32.1 Å². The number of carbonyl (C=O) groups is 1. The number of hydrogen-bond acceptors (Lipinski definition) is 5. The molecular formula is C14H20N4O3. The van der Waals surface area contributed by atoms with Crippen LogP contribution in [0.15, 0.2) is 18.2 Å². The minimum absolute atomic E-state index is 0.00521. The highest BCUT2D eigenvalue weighted by Crippen LogP contribution is 2.28. The van der Waals surface area contributed by atoms with Crippen molar-refractivity contribution in [3.63, 3.8) is 0 Å². The highest BCUT2D eigenvalue weighted by Gasteiger charge is 2.24. The van der Waals surface area contributed by atoms with Crippen LogP contribution in [-0.4, -0.2) is 22.9 Å². The van der Waals surface area contributed by atoms with Crippen molar-refractivity contribution in [2.24, 2.45) is 11.5 Å². The van der Waals surface area contributed by atoms with Gasteiger partial charge in [0.25, 0.3) is 5.69 Å². The predicted octanol–water partition coefficient (Wildman–Crippen LogP) is 1.77. The Labute approximate surface area is 122 Å². The molecule has 0 aliphatic heterocycles. The molecule has 1 aromatic rings. The highest BCUT2D eigenvalue weighted by atomic mass is 16.6. The van der Waals surface area contributed by atoms with E-state index in [-0.39, 0.29) is 23.3 Å². The van der Waals surface area contributed by atoms with E-state index >= 15 is 0 Å². The van der Waals surface area contributed by atoms with E-state index in [9.17, 15) is 14.9 Å². The van der Waals surface area contributed by atoms with Gasteiger partial charge in [-0.3, -0.25) is 14.9 Å². The molecule has 0 radical (unpaired) electrons. The van der Waals surface area contributed by atoms with Gasteiger partial charge in [-0.05, 0) is 25.0 Å². The lowest BCUT2D eigenvalue weighted by Crippen LogP contribution is -2.39. The number of primary amides is 1. The minimum atomic E-state index is -0.684. The fourth-order valence-electron chi connectivity index (χ4n) is 2.67. The smallest absolute Gasteiger partial charge is 0.293 e. The number of nitrogens with one attached hydrogen (secondary N) is 1.